The van der Waals surface area contributed by atoms with Crippen LogP contribution in [-0.4, -0.2) is 33.4 Å². The van der Waals surface area contributed by atoms with Gasteiger partial charge in [0.05, 0.1) is 12.0 Å². The fourth-order valence-electron chi connectivity index (χ4n) is 3.42. The Bertz CT molecular complexity index is 1280. The Morgan fingerprint density at radius 1 is 1.23 bits per heavy atom. The average molecular weight is 414 g/mol. The Kier molecular flexibility index (Phi) is 5.08. The maximum atomic E-state index is 13.8. The van der Waals surface area contributed by atoms with E-state index in [1.165, 1.54) is 42.9 Å². The van der Waals surface area contributed by atoms with E-state index in [1.807, 2.05) is 0 Å². The molecule has 0 aliphatic carbocycles. The van der Waals surface area contributed by atoms with Crippen LogP contribution in [-0.2, 0) is 31.9 Å². The van der Waals surface area contributed by atoms with Crippen molar-refractivity contribution in [2.24, 2.45) is 14.1 Å². The van der Waals surface area contributed by atoms with Crippen molar-refractivity contribution in [3.8, 4) is 5.75 Å². The van der Waals surface area contributed by atoms with Gasteiger partial charge in [0.25, 0.3) is 11.5 Å². The Labute approximate surface area is 169 Å². The number of halogens is 1. The molecule has 3 heterocycles. The first-order chi connectivity index (χ1) is 14.4. The summed E-state index contributed by atoms with van der Waals surface area (Å²) in [6, 6.07) is 5.63. The van der Waals surface area contributed by atoms with E-state index < -0.39 is 23.0 Å². The SMILES string of the molecule is Cn1c(=O)c2ccc(C(=O)NCCc3cc(F)cc4c3OCOC4)nc2n(C)c1=O. The van der Waals surface area contributed by atoms with Gasteiger partial charge in [-0.05, 0) is 36.2 Å². The van der Waals surface area contributed by atoms with Gasteiger partial charge in [-0.2, -0.15) is 0 Å². The third-order valence-electron chi connectivity index (χ3n) is 4.97. The summed E-state index contributed by atoms with van der Waals surface area (Å²) >= 11 is 0. The molecule has 0 saturated heterocycles. The second kappa shape index (κ2) is 7.71. The molecule has 0 spiro atoms. The second-order valence-electron chi connectivity index (χ2n) is 6.94. The van der Waals surface area contributed by atoms with Gasteiger partial charge in [-0.3, -0.25) is 18.7 Å². The van der Waals surface area contributed by atoms with Crippen molar-refractivity contribution >= 4 is 16.9 Å². The van der Waals surface area contributed by atoms with E-state index in [4.69, 9.17) is 9.47 Å². The fraction of sp³-hybridized carbons (Fsp3) is 0.300. The van der Waals surface area contributed by atoms with Crippen molar-refractivity contribution in [1.82, 2.24) is 19.4 Å². The van der Waals surface area contributed by atoms with Crippen LogP contribution in [0, 0.1) is 5.82 Å². The minimum absolute atomic E-state index is 0.0664. The van der Waals surface area contributed by atoms with Gasteiger partial charge in [0.15, 0.2) is 6.79 Å². The third kappa shape index (κ3) is 3.45. The van der Waals surface area contributed by atoms with E-state index in [0.717, 1.165) is 4.57 Å². The molecular formula is C20H19FN4O5. The van der Waals surface area contributed by atoms with Crippen molar-refractivity contribution in [3.05, 3.63) is 67.7 Å². The molecule has 0 fully saturated rings. The molecule has 9 nitrogen and oxygen atoms in total. The summed E-state index contributed by atoms with van der Waals surface area (Å²) in [4.78, 5) is 41.0. The fourth-order valence-corrected chi connectivity index (χ4v) is 3.42. The topological polar surface area (TPSA) is 104 Å². The molecule has 0 unspecified atom stereocenters. The van der Waals surface area contributed by atoms with E-state index in [2.05, 4.69) is 10.3 Å². The van der Waals surface area contributed by atoms with Gasteiger partial charge in [-0.15, -0.1) is 0 Å². The lowest BCUT2D eigenvalue weighted by molar-refractivity contribution is -0.0172. The van der Waals surface area contributed by atoms with Crippen molar-refractivity contribution in [3.63, 3.8) is 0 Å². The normalized spacial score (nSPS) is 13.0. The van der Waals surface area contributed by atoms with Gasteiger partial charge in [0.1, 0.15) is 22.9 Å². The Morgan fingerprint density at radius 3 is 2.83 bits per heavy atom. The van der Waals surface area contributed by atoms with Gasteiger partial charge in [-0.1, -0.05) is 0 Å². The maximum Gasteiger partial charge on any atom is 0.332 e. The molecule has 0 saturated carbocycles. The number of fused-ring (bicyclic) bond motifs is 2. The van der Waals surface area contributed by atoms with Crippen molar-refractivity contribution in [2.75, 3.05) is 13.3 Å². The summed E-state index contributed by atoms with van der Waals surface area (Å²) in [6.07, 6.45) is 0.346. The monoisotopic (exact) mass is 414 g/mol. The number of rotatable bonds is 4. The summed E-state index contributed by atoms with van der Waals surface area (Å²) in [5.74, 6) is -0.297. The molecule has 1 aliphatic heterocycles. The van der Waals surface area contributed by atoms with Crippen molar-refractivity contribution in [1.29, 1.82) is 0 Å². The Morgan fingerprint density at radius 2 is 2.03 bits per heavy atom. The molecule has 3 aromatic rings. The van der Waals surface area contributed by atoms with Crippen LogP contribution in [0.5, 0.6) is 5.75 Å². The van der Waals surface area contributed by atoms with E-state index >= 15 is 0 Å². The highest BCUT2D eigenvalue weighted by molar-refractivity contribution is 5.94. The zero-order valence-corrected chi connectivity index (χ0v) is 16.4. The van der Waals surface area contributed by atoms with Crippen LogP contribution in [0.15, 0.2) is 33.9 Å². The van der Waals surface area contributed by atoms with E-state index in [0.29, 0.717) is 23.3 Å². The molecule has 30 heavy (non-hydrogen) atoms. The lowest BCUT2D eigenvalue weighted by Gasteiger charge is -2.21. The summed E-state index contributed by atoms with van der Waals surface area (Å²) in [6.45, 7) is 0.580. The summed E-state index contributed by atoms with van der Waals surface area (Å²) in [5.41, 5.74) is 0.442. The van der Waals surface area contributed by atoms with Crippen LogP contribution >= 0.6 is 0 Å². The highest BCUT2D eigenvalue weighted by atomic mass is 19.1. The van der Waals surface area contributed by atoms with E-state index in [9.17, 15) is 18.8 Å². The van der Waals surface area contributed by atoms with Gasteiger partial charge < -0.3 is 14.8 Å². The third-order valence-corrected chi connectivity index (χ3v) is 4.97. The summed E-state index contributed by atoms with van der Waals surface area (Å²) in [5, 5.41) is 2.95. The maximum absolute atomic E-state index is 13.8. The number of nitrogens with one attached hydrogen (secondary N) is 1. The first kappa shape index (κ1) is 19.8. The minimum Gasteiger partial charge on any atom is -0.467 e. The molecule has 4 rings (SSSR count). The molecule has 0 radical (unpaired) electrons. The molecule has 0 bridgehead atoms. The Hall–Kier alpha value is -3.53. The molecule has 1 aromatic carbocycles. The van der Waals surface area contributed by atoms with Crippen LogP contribution in [0.25, 0.3) is 11.0 Å². The number of aromatic nitrogens is 3. The van der Waals surface area contributed by atoms with Crippen LogP contribution in [0.2, 0.25) is 0 Å². The molecule has 1 N–H and O–H groups in total. The van der Waals surface area contributed by atoms with Crippen LogP contribution < -0.4 is 21.3 Å². The smallest absolute Gasteiger partial charge is 0.332 e. The lowest BCUT2D eigenvalue weighted by Crippen LogP contribution is -2.37. The molecule has 0 atom stereocenters. The molecule has 10 heteroatoms. The van der Waals surface area contributed by atoms with Gasteiger partial charge in [0.2, 0.25) is 0 Å². The highest BCUT2D eigenvalue weighted by Crippen LogP contribution is 2.29. The number of carbonyl (C=O) groups excluding carboxylic acids is 1. The number of aryl methyl sites for hydroxylation is 1. The van der Waals surface area contributed by atoms with Crippen LogP contribution in [0.3, 0.4) is 0 Å². The zero-order chi connectivity index (χ0) is 21.4. The van der Waals surface area contributed by atoms with Crippen LogP contribution in [0.4, 0.5) is 4.39 Å². The second-order valence-corrected chi connectivity index (χ2v) is 6.94. The van der Waals surface area contributed by atoms with Crippen LogP contribution in [0.1, 0.15) is 21.6 Å². The molecular weight excluding hydrogens is 395 g/mol. The van der Waals surface area contributed by atoms with Gasteiger partial charge in [0, 0.05) is 26.2 Å². The number of pyridine rings is 1. The standard InChI is InChI=1S/C20H19FN4O5/c1-24-17-14(19(27)25(2)20(24)28)3-4-15(23-17)18(26)22-6-5-11-7-13(21)8-12-9-29-10-30-16(11)12/h3-4,7-8H,5-6,9-10H2,1-2H3,(H,22,26). The number of hydrogen-bond donors (Lipinski definition) is 1. The van der Waals surface area contributed by atoms with E-state index in [-0.39, 0.29) is 36.7 Å². The molecule has 1 amide bonds. The van der Waals surface area contributed by atoms with E-state index in [1.54, 1.807) is 0 Å². The minimum atomic E-state index is -0.530. The quantitative estimate of drug-likeness (QED) is 0.671. The number of ether oxygens (including phenoxy) is 2. The number of hydrogen-bond acceptors (Lipinski definition) is 6. The predicted octanol–water partition coefficient (Wildman–Crippen LogP) is 0.610. The van der Waals surface area contributed by atoms with Crippen molar-refractivity contribution in [2.45, 2.75) is 13.0 Å². The number of amides is 1. The summed E-state index contributed by atoms with van der Waals surface area (Å²) < 4.78 is 26.6. The first-order valence-corrected chi connectivity index (χ1v) is 9.23. The largest absolute Gasteiger partial charge is 0.467 e. The number of carbonyl (C=O) groups is 1. The highest BCUT2D eigenvalue weighted by Gasteiger charge is 2.18. The molecule has 1 aliphatic rings. The summed E-state index contributed by atoms with van der Waals surface area (Å²) in [7, 11) is 2.86. The average Bonchev–Trinajstić information content (AvgIpc) is 2.75. The first-order valence-electron chi connectivity index (χ1n) is 9.23. The molecule has 156 valence electrons. The zero-order valence-electron chi connectivity index (χ0n) is 16.4. The van der Waals surface area contributed by atoms with Crippen molar-refractivity contribution < 1.29 is 18.7 Å². The molecule has 2 aromatic heterocycles. The predicted molar refractivity (Wildman–Crippen MR) is 105 cm³/mol. The van der Waals surface area contributed by atoms with Gasteiger partial charge in [-0.25, -0.2) is 14.2 Å². The Balaban J connectivity index is 1.53. The number of benzene rings is 1. The number of nitrogens with zero attached hydrogens (tertiary/aromatic N) is 3. The van der Waals surface area contributed by atoms with Gasteiger partial charge >= 0.3 is 5.69 Å². The lowest BCUT2D eigenvalue weighted by atomic mass is 10.1.